The zero-order valence-corrected chi connectivity index (χ0v) is 20.8. The molecule has 0 aliphatic carbocycles. The molecular formula is C22H25BrF2N4O4S. The van der Waals surface area contributed by atoms with Crippen LogP contribution in [0.5, 0.6) is 0 Å². The molecule has 3 aliphatic rings. The molecule has 34 heavy (non-hydrogen) atoms. The summed E-state index contributed by atoms with van der Waals surface area (Å²) in [5.74, 6) is 0.778. The number of benzene rings is 1. The molecule has 2 aromatic rings. The van der Waals surface area contributed by atoms with E-state index in [-0.39, 0.29) is 29.7 Å². The zero-order chi connectivity index (χ0) is 24.2. The third-order valence-electron chi connectivity index (χ3n) is 7.01. The van der Waals surface area contributed by atoms with E-state index in [0.717, 1.165) is 29.7 Å². The molecule has 1 saturated heterocycles. The van der Waals surface area contributed by atoms with Crippen molar-refractivity contribution in [2.45, 2.75) is 51.1 Å². The summed E-state index contributed by atoms with van der Waals surface area (Å²) in [5.41, 5.74) is 3.19. The van der Waals surface area contributed by atoms with Gasteiger partial charge in [0.05, 0.1) is 24.1 Å². The zero-order valence-electron chi connectivity index (χ0n) is 18.4. The minimum atomic E-state index is -3.05. The van der Waals surface area contributed by atoms with E-state index in [1.807, 2.05) is 9.58 Å². The van der Waals surface area contributed by atoms with Gasteiger partial charge in [-0.1, -0.05) is 15.9 Å². The summed E-state index contributed by atoms with van der Waals surface area (Å²) in [6, 6.07) is 3.15. The predicted octanol–water partition coefficient (Wildman–Crippen LogP) is 4.45. The van der Waals surface area contributed by atoms with Crippen LogP contribution in [0.2, 0.25) is 0 Å². The number of hydrogen-bond acceptors (Lipinski definition) is 5. The molecule has 184 valence electrons. The molecule has 3 aliphatic heterocycles. The highest BCUT2D eigenvalue weighted by molar-refractivity contribution is 9.10. The lowest BCUT2D eigenvalue weighted by Crippen LogP contribution is -2.36. The van der Waals surface area contributed by atoms with Crippen LogP contribution in [0.1, 0.15) is 54.1 Å². The van der Waals surface area contributed by atoms with E-state index in [9.17, 15) is 27.1 Å². The third kappa shape index (κ3) is 4.19. The molecule has 0 saturated carbocycles. The lowest BCUT2D eigenvalue weighted by Gasteiger charge is -2.32. The fraction of sp³-hybridized carbons (Fsp3) is 0.545. The Kier molecular flexibility index (Phi) is 6.07. The minimum absolute atomic E-state index is 0.0896. The maximum absolute atomic E-state index is 13.7. The SMILES string of the molecule is O=C(O)N1CCc2c(c(N3CCCc4cc(Br)c(C(F)F)cc43)nn2C2CCS(=O)(=O)CC2)C1. The van der Waals surface area contributed by atoms with Gasteiger partial charge in [-0.05, 0) is 43.4 Å². The highest BCUT2D eigenvalue weighted by Crippen LogP contribution is 2.42. The first-order chi connectivity index (χ1) is 16.1. The van der Waals surface area contributed by atoms with Crippen molar-refractivity contribution in [1.82, 2.24) is 14.7 Å². The summed E-state index contributed by atoms with van der Waals surface area (Å²) in [4.78, 5) is 15.0. The lowest BCUT2D eigenvalue weighted by molar-refractivity contribution is 0.139. The number of rotatable bonds is 3. The Balaban J connectivity index is 1.61. The maximum atomic E-state index is 13.7. The first-order valence-corrected chi connectivity index (χ1v) is 13.9. The van der Waals surface area contributed by atoms with E-state index in [2.05, 4.69) is 15.9 Å². The van der Waals surface area contributed by atoms with Crippen molar-refractivity contribution in [3.05, 3.63) is 39.0 Å². The Hall–Kier alpha value is -2.21. The summed E-state index contributed by atoms with van der Waals surface area (Å²) in [6.45, 7) is 1.07. The minimum Gasteiger partial charge on any atom is -0.465 e. The van der Waals surface area contributed by atoms with Gasteiger partial charge in [-0.25, -0.2) is 22.0 Å². The molecule has 0 unspecified atom stereocenters. The number of alkyl halides is 2. The van der Waals surface area contributed by atoms with Crippen molar-refractivity contribution < 1.29 is 27.1 Å². The van der Waals surface area contributed by atoms with E-state index in [4.69, 9.17) is 5.10 Å². The molecule has 0 radical (unpaired) electrons. The van der Waals surface area contributed by atoms with Gasteiger partial charge in [-0.2, -0.15) is 5.10 Å². The number of halogens is 3. The first kappa shape index (κ1) is 23.5. The highest BCUT2D eigenvalue weighted by Gasteiger charge is 2.35. The number of hydrogen-bond donors (Lipinski definition) is 1. The number of fused-ring (bicyclic) bond motifs is 2. The summed E-state index contributed by atoms with van der Waals surface area (Å²) >= 11 is 3.26. The Bertz CT molecular complexity index is 1240. The Morgan fingerprint density at radius 3 is 2.59 bits per heavy atom. The van der Waals surface area contributed by atoms with E-state index in [1.54, 1.807) is 6.07 Å². The van der Waals surface area contributed by atoms with Crippen LogP contribution in [0.3, 0.4) is 0 Å². The average molecular weight is 559 g/mol. The quantitative estimate of drug-likeness (QED) is 0.597. The van der Waals surface area contributed by atoms with Crippen molar-refractivity contribution in [2.24, 2.45) is 0 Å². The van der Waals surface area contributed by atoms with Gasteiger partial charge in [0, 0.05) is 46.5 Å². The molecule has 12 heteroatoms. The van der Waals surface area contributed by atoms with Gasteiger partial charge in [0.25, 0.3) is 6.43 Å². The second-order valence-corrected chi connectivity index (χ2v) is 12.2. The van der Waals surface area contributed by atoms with Gasteiger partial charge in [0.15, 0.2) is 5.82 Å². The number of carboxylic acid groups (broad SMARTS) is 1. The highest BCUT2D eigenvalue weighted by atomic mass is 79.9. The third-order valence-corrected chi connectivity index (χ3v) is 9.41. The number of sulfone groups is 1. The average Bonchev–Trinajstić information content (AvgIpc) is 3.16. The van der Waals surface area contributed by atoms with Crippen molar-refractivity contribution in [3.63, 3.8) is 0 Å². The maximum Gasteiger partial charge on any atom is 0.407 e. The van der Waals surface area contributed by atoms with E-state index >= 15 is 0 Å². The van der Waals surface area contributed by atoms with E-state index in [1.165, 1.54) is 11.0 Å². The van der Waals surface area contributed by atoms with Gasteiger partial charge >= 0.3 is 6.09 Å². The smallest absolute Gasteiger partial charge is 0.407 e. The largest absolute Gasteiger partial charge is 0.465 e. The molecule has 1 fully saturated rings. The lowest BCUT2D eigenvalue weighted by atomic mass is 9.98. The Labute approximate surface area is 204 Å². The molecule has 4 heterocycles. The monoisotopic (exact) mass is 558 g/mol. The summed E-state index contributed by atoms with van der Waals surface area (Å²) in [7, 11) is -3.05. The fourth-order valence-corrected chi connectivity index (χ4v) is 7.27. The van der Waals surface area contributed by atoms with Crippen molar-refractivity contribution in [3.8, 4) is 0 Å². The molecule has 0 bridgehead atoms. The molecule has 1 aromatic carbocycles. The molecule has 1 amide bonds. The number of carbonyl (C=O) groups is 1. The summed E-state index contributed by atoms with van der Waals surface area (Å²) in [6.07, 6.45) is -0.716. The van der Waals surface area contributed by atoms with Crippen molar-refractivity contribution in [1.29, 1.82) is 0 Å². The molecule has 8 nitrogen and oxygen atoms in total. The topological polar surface area (TPSA) is 95.7 Å². The second kappa shape index (κ2) is 8.78. The predicted molar refractivity (Wildman–Crippen MR) is 126 cm³/mol. The number of aryl methyl sites for hydroxylation is 1. The van der Waals surface area contributed by atoms with Crippen LogP contribution in [-0.4, -0.2) is 58.9 Å². The Morgan fingerprint density at radius 2 is 1.91 bits per heavy atom. The standard InChI is InChI=1S/C22H25BrF2N4O4S/c23-17-10-13-2-1-6-28(19(13)11-15(17)20(24)25)21-16-12-27(22(30)31)7-3-18(16)29(26-21)14-4-8-34(32,33)9-5-14/h10-11,14,20H,1-9,12H2,(H,30,31). The van der Waals surface area contributed by atoms with Crippen LogP contribution < -0.4 is 4.90 Å². The molecule has 0 spiro atoms. The van der Waals surface area contributed by atoms with Crippen LogP contribution in [-0.2, 0) is 29.2 Å². The number of aromatic nitrogens is 2. The van der Waals surface area contributed by atoms with Gasteiger partial charge in [-0.3, -0.25) is 4.68 Å². The number of amides is 1. The van der Waals surface area contributed by atoms with E-state index < -0.39 is 22.4 Å². The first-order valence-electron chi connectivity index (χ1n) is 11.3. The van der Waals surface area contributed by atoms with Crippen LogP contribution >= 0.6 is 15.9 Å². The van der Waals surface area contributed by atoms with Crippen molar-refractivity contribution >= 4 is 43.4 Å². The molecule has 5 rings (SSSR count). The van der Waals surface area contributed by atoms with Gasteiger partial charge in [0.2, 0.25) is 0 Å². The molecule has 1 N–H and O–H groups in total. The van der Waals surface area contributed by atoms with Gasteiger partial charge in [0.1, 0.15) is 9.84 Å². The Morgan fingerprint density at radius 1 is 1.18 bits per heavy atom. The van der Waals surface area contributed by atoms with Crippen LogP contribution in [0.15, 0.2) is 16.6 Å². The van der Waals surface area contributed by atoms with Crippen LogP contribution in [0.4, 0.5) is 25.1 Å². The second-order valence-electron chi connectivity index (χ2n) is 9.09. The van der Waals surface area contributed by atoms with Crippen LogP contribution in [0, 0.1) is 0 Å². The van der Waals surface area contributed by atoms with Crippen molar-refractivity contribution in [2.75, 3.05) is 29.5 Å². The van der Waals surface area contributed by atoms with Gasteiger partial charge < -0.3 is 14.9 Å². The molecule has 1 aromatic heterocycles. The van der Waals surface area contributed by atoms with Crippen LogP contribution in [0.25, 0.3) is 0 Å². The fourth-order valence-electron chi connectivity index (χ4n) is 5.24. The molecular weight excluding hydrogens is 534 g/mol. The normalized spacial score (nSPS) is 20.4. The molecule has 0 atom stereocenters. The summed E-state index contributed by atoms with van der Waals surface area (Å²) < 4.78 is 53.5. The number of nitrogens with zero attached hydrogens (tertiary/aromatic N) is 4. The van der Waals surface area contributed by atoms with E-state index in [0.29, 0.717) is 48.3 Å². The number of anilines is 2. The summed E-state index contributed by atoms with van der Waals surface area (Å²) in [5, 5.41) is 14.5. The van der Waals surface area contributed by atoms with Gasteiger partial charge in [-0.15, -0.1) is 0 Å².